The van der Waals surface area contributed by atoms with Crippen LogP contribution in [0, 0.1) is 0 Å². The maximum Gasteiger partial charge on any atom is 0.290 e. The lowest BCUT2D eigenvalue weighted by molar-refractivity contribution is -0.145. The molecule has 0 atom stereocenters. The minimum absolute atomic E-state index is 0.0100. The Morgan fingerprint density at radius 2 is 1.78 bits per heavy atom. The minimum Gasteiger partial charge on any atom is -0.336 e. The minimum atomic E-state index is -0.421. The van der Waals surface area contributed by atoms with Gasteiger partial charge in [0, 0.05) is 30.0 Å². The van der Waals surface area contributed by atoms with E-state index in [0.717, 1.165) is 30.7 Å². The van der Waals surface area contributed by atoms with Gasteiger partial charge in [-0.3, -0.25) is 14.6 Å². The van der Waals surface area contributed by atoms with Crippen LogP contribution in [0.5, 0.6) is 0 Å². The molecule has 1 amide bonds. The topological polar surface area (TPSA) is 50.3 Å². The van der Waals surface area contributed by atoms with Crippen LogP contribution in [-0.4, -0.2) is 34.7 Å². The van der Waals surface area contributed by atoms with E-state index in [0.29, 0.717) is 23.8 Å². The molecule has 4 rings (SSSR count). The van der Waals surface area contributed by atoms with Gasteiger partial charge in [-0.2, -0.15) is 0 Å². The molecule has 140 valence electrons. The molecule has 1 aromatic heterocycles. The second-order valence-corrected chi connectivity index (χ2v) is 8.31. The van der Waals surface area contributed by atoms with Crippen LogP contribution in [0.3, 0.4) is 0 Å². The zero-order chi connectivity index (χ0) is 19.0. The second kappa shape index (κ2) is 7.25. The maximum absolute atomic E-state index is 12.6. The fourth-order valence-corrected chi connectivity index (χ4v) is 4.64. The number of aromatic nitrogens is 1. The highest BCUT2D eigenvalue weighted by molar-refractivity contribution is 6.36. The van der Waals surface area contributed by atoms with Gasteiger partial charge >= 0.3 is 0 Å². The van der Waals surface area contributed by atoms with Gasteiger partial charge in [0.05, 0.1) is 11.4 Å². The number of carbonyl (C=O) groups is 2. The Labute approximate surface area is 168 Å². The van der Waals surface area contributed by atoms with Crippen LogP contribution in [0.25, 0.3) is 0 Å². The average molecular weight is 403 g/mol. The number of likely N-dealkylation sites (tertiary alicyclic amines) is 1. The van der Waals surface area contributed by atoms with Gasteiger partial charge in [-0.15, -0.1) is 0 Å². The molecule has 4 nitrogen and oxygen atoms in total. The molecule has 1 saturated heterocycles. The number of halogens is 2. The van der Waals surface area contributed by atoms with Crippen molar-refractivity contribution in [3.05, 3.63) is 63.4 Å². The number of Topliss-reactive ketones (excluding diaryl/α,β-unsaturated/α-hetero) is 1. The number of benzene rings is 1. The number of aryl methyl sites for hydroxylation is 1. The van der Waals surface area contributed by atoms with Gasteiger partial charge in [-0.05, 0) is 66.5 Å². The van der Waals surface area contributed by atoms with Crippen LogP contribution < -0.4 is 0 Å². The molecule has 0 bridgehead atoms. The van der Waals surface area contributed by atoms with E-state index in [1.807, 2.05) is 6.07 Å². The number of rotatable bonds is 3. The molecule has 1 fully saturated rings. The number of amides is 1. The first kappa shape index (κ1) is 18.5. The largest absolute Gasteiger partial charge is 0.336 e. The molecule has 0 unspecified atom stereocenters. The summed E-state index contributed by atoms with van der Waals surface area (Å²) in [5.74, 6) is -0.832. The van der Waals surface area contributed by atoms with Gasteiger partial charge in [-0.1, -0.05) is 29.3 Å². The van der Waals surface area contributed by atoms with E-state index in [4.69, 9.17) is 23.2 Å². The molecule has 1 aliphatic heterocycles. The van der Waals surface area contributed by atoms with E-state index < -0.39 is 11.7 Å². The van der Waals surface area contributed by atoms with Crippen LogP contribution in [-0.2, 0) is 27.8 Å². The van der Waals surface area contributed by atoms with Crippen LogP contribution in [0.15, 0.2) is 36.5 Å². The molecule has 0 N–H and O–H groups in total. The summed E-state index contributed by atoms with van der Waals surface area (Å²) in [4.78, 5) is 30.7. The predicted octanol–water partition coefficient (Wildman–Crippen LogP) is 4.01. The van der Waals surface area contributed by atoms with Crippen LogP contribution >= 0.6 is 23.2 Å². The Morgan fingerprint density at radius 1 is 1.04 bits per heavy atom. The van der Waals surface area contributed by atoms with Gasteiger partial charge in [-0.25, -0.2) is 0 Å². The first-order chi connectivity index (χ1) is 13.0. The molecule has 0 saturated carbocycles. The lowest BCUT2D eigenvalue weighted by Gasteiger charge is -2.40. The van der Waals surface area contributed by atoms with Crippen molar-refractivity contribution in [2.75, 3.05) is 13.1 Å². The highest BCUT2D eigenvalue weighted by Crippen LogP contribution is 2.47. The van der Waals surface area contributed by atoms with Crippen molar-refractivity contribution in [3.63, 3.8) is 0 Å². The first-order valence-corrected chi connectivity index (χ1v) is 9.94. The van der Waals surface area contributed by atoms with Gasteiger partial charge < -0.3 is 4.90 Å². The number of ketones is 1. The van der Waals surface area contributed by atoms with Crippen molar-refractivity contribution in [1.29, 1.82) is 0 Å². The fourth-order valence-electron chi connectivity index (χ4n) is 4.35. The predicted molar refractivity (Wildman–Crippen MR) is 105 cm³/mol. The number of carbonyl (C=O) groups excluding carboxylic acids is 2. The van der Waals surface area contributed by atoms with Gasteiger partial charge in [0.2, 0.25) is 5.78 Å². The van der Waals surface area contributed by atoms with E-state index in [1.54, 1.807) is 17.0 Å². The monoisotopic (exact) mass is 402 g/mol. The third-order valence-electron chi connectivity index (χ3n) is 5.89. The molecule has 6 heteroatoms. The Morgan fingerprint density at radius 3 is 2.48 bits per heavy atom. The highest BCUT2D eigenvalue weighted by atomic mass is 35.5. The standard InChI is InChI=1S/C21H20Cl2N2O2/c22-15-2-1-14-5-6-21(18(14)11-15)7-9-25(10-8-21)20(27)19(26)12-17-4-3-16(23)13-24-17/h1-4,11,13H,5-10,12H2. The number of nitrogens with zero attached hydrogens (tertiary/aromatic N) is 2. The van der Waals surface area contributed by atoms with E-state index in [1.165, 1.54) is 17.3 Å². The zero-order valence-electron chi connectivity index (χ0n) is 14.9. The molecule has 0 radical (unpaired) electrons. The fraction of sp³-hybridized carbons (Fsp3) is 0.381. The molecular weight excluding hydrogens is 383 g/mol. The number of hydrogen-bond donors (Lipinski definition) is 0. The van der Waals surface area contributed by atoms with Gasteiger partial charge in [0.15, 0.2) is 0 Å². The highest BCUT2D eigenvalue weighted by Gasteiger charge is 2.42. The Balaban J connectivity index is 1.41. The molecule has 27 heavy (non-hydrogen) atoms. The zero-order valence-corrected chi connectivity index (χ0v) is 16.4. The van der Waals surface area contributed by atoms with Gasteiger partial charge in [0.25, 0.3) is 5.91 Å². The van der Waals surface area contributed by atoms with Crippen molar-refractivity contribution in [3.8, 4) is 0 Å². The molecule has 2 heterocycles. The first-order valence-electron chi connectivity index (χ1n) is 9.18. The van der Waals surface area contributed by atoms with E-state index >= 15 is 0 Å². The van der Waals surface area contributed by atoms with Crippen molar-refractivity contribution in [1.82, 2.24) is 9.88 Å². The summed E-state index contributed by atoms with van der Waals surface area (Å²) in [6.45, 7) is 1.20. The molecule has 1 aliphatic carbocycles. The summed E-state index contributed by atoms with van der Waals surface area (Å²) in [5, 5.41) is 1.27. The Hall–Kier alpha value is -1.91. The molecule has 2 aromatic rings. The van der Waals surface area contributed by atoms with Crippen LogP contribution in [0.2, 0.25) is 10.0 Å². The third-order valence-corrected chi connectivity index (χ3v) is 6.35. The number of hydrogen-bond acceptors (Lipinski definition) is 3. The summed E-state index contributed by atoms with van der Waals surface area (Å²) < 4.78 is 0. The van der Waals surface area contributed by atoms with Crippen molar-refractivity contribution >= 4 is 34.9 Å². The summed E-state index contributed by atoms with van der Waals surface area (Å²) in [7, 11) is 0. The Kier molecular flexibility index (Phi) is 4.95. The molecule has 1 spiro atoms. The molecular formula is C21H20Cl2N2O2. The van der Waals surface area contributed by atoms with Crippen molar-refractivity contribution in [2.24, 2.45) is 0 Å². The van der Waals surface area contributed by atoms with Crippen LogP contribution in [0.4, 0.5) is 0 Å². The molecule has 2 aliphatic rings. The van der Waals surface area contributed by atoms with Crippen molar-refractivity contribution in [2.45, 2.75) is 37.5 Å². The van der Waals surface area contributed by atoms with E-state index in [9.17, 15) is 9.59 Å². The van der Waals surface area contributed by atoms with E-state index in [2.05, 4.69) is 17.1 Å². The second-order valence-electron chi connectivity index (χ2n) is 7.44. The van der Waals surface area contributed by atoms with E-state index in [-0.39, 0.29) is 11.8 Å². The number of pyridine rings is 1. The maximum atomic E-state index is 12.6. The third kappa shape index (κ3) is 3.61. The van der Waals surface area contributed by atoms with Gasteiger partial charge in [0.1, 0.15) is 0 Å². The summed E-state index contributed by atoms with van der Waals surface area (Å²) in [6, 6.07) is 9.50. The summed E-state index contributed by atoms with van der Waals surface area (Å²) in [5.41, 5.74) is 3.35. The lowest BCUT2D eigenvalue weighted by Crippen LogP contribution is -2.47. The smallest absolute Gasteiger partial charge is 0.290 e. The number of fused-ring (bicyclic) bond motifs is 2. The SMILES string of the molecule is O=C(Cc1ccc(Cl)cn1)C(=O)N1CCC2(CCc3ccc(Cl)cc32)CC1. The average Bonchev–Trinajstić information content (AvgIpc) is 3.01. The summed E-state index contributed by atoms with van der Waals surface area (Å²) >= 11 is 12.0. The Bertz CT molecular complexity index is 888. The quantitative estimate of drug-likeness (QED) is 0.728. The van der Waals surface area contributed by atoms with Crippen molar-refractivity contribution < 1.29 is 9.59 Å². The lowest BCUT2D eigenvalue weighted by atomic mass is 9.74. The molecule has 1 aromatic carbocycles. The summed E-state index contributed by atoms with van der Waals surface area (Å²) in [6.07, 6.45) is 5.39. The number of piperidine rings is 1. The van der Waals surface area contributed by atoms with Crippen LogP contribution in [0.1, 0.15) is 36.1 Å². The normalized spacial score (nSPS) is 17.8.